The van der Waals surface area contributed by atoms with Crippen LogP contribution in [0.15, 0.2) is 54.6 Å². The summed E-state index contributed by atoms with van der Waals surface area (Å²) in [5.74, 6) is 0.372. The van der Waals surface area contributed by atoms with E-state index < -0.39 is 11.7 Å². The van der Waals surface area contributed by atoms with Crippen LogP contribution >= 0.6 is 0 Å². The standard InChI is InChI=1S/C19H18FN3O2/c1-13-17(20)18(23(2)22-13)19(24)21-12-14-8-10-16(11-9-14)25-15-6-4-3-5-7-15/h3-11H,12H2,1-2H3,(H,21,24). The Hall–Kier alpha value is -3.15. The number of nitrogens with one attached hydrogen (secondary N) is 1. The number of aromatic nitrogens is 2. The Bertz CT molecular complexity index is 874. The molecule has 0 aliphatic carbocycles. The average molecular weight is 339 g/mol. The van der Waals surface area contributed by atoms with Crippen LogP contribution in [0.3, 0.4) is 0 Å². The van der Waals surface area contributed by atoms with E-state index in [1.807, 2.05) is 54.6 Å². The number of rotatable bonds is 5. The molecule has 0 spiro atoms. The first-order valence-corrected chi connectivity index (χ1v) is 7.83. The van der Waals surface area contributed by atoms with Crippen LogP contribution in [0.5, 0.6) is 11.5 Å². The summed E-state index contributed by atoms with van der Waals surface area (Å²) in [7, 11) is 1.54. The lowest BCUT2D eigenvalue weighted by Crippen LogP contribution is -2.26. The smallest absolute Gasteiger partial charge is 0.272 e. The summed E-state index contributed by atoms with van der Waals surface area (Å²) >= 11 is 0. The minimum Gasteiger partial charge on any atom is -0.457 e. The Morgan fingerprint density at radius 2 is 1.76 bits per heavy atom. The molecule has 0 saturated heterocycles. The summed E-state index contributed by atoms with van der Waals surface area (Å²) in [4.78, 5) is 12.1. The van der Waals surface area contributed by atoms with Crippen molar-refractivity contribution in [2.75, 3.05) is 0 Å². The maximum atomic E-state index is 13.9. The van der Waals surface area contributed by atoms with Gasteiger partial charge in [0, 0.05) is 13.6 Å². The second-order valence-electron chi connectivity index (χ2n) is 5.61. The molecule has 1 aromatic heterocycles. The third-order valence-electron chi connectivity index (χ3n) is 3.72. The second-order valence-corrected chi connectivity index (χ2v) is 5.61. The summed E-state index contributed by atoms with van der Waals surface area (Å²) in [5.41, 5.74) is 1.02. The monoisotopic (exact) mass is 339 g/mol. The lowest BCUT2D eigenvalue weighted by molar-refractivity contribution is 0.0937. The van der Waals surface area contributed by atoms with Crippen molar-refractivity contribution >= 4 is 5.91 Å². The predicted molar refractivity (Wildman–Crippen MR) is 92.0 cm³/mol. The number of nitrogens with zero attached hydrogens (tertiary/aromatic N) is 2. The third-order valence-corrected chi connectivity index (χ3v) is 3.72. The molecule has 1 amide bonds. The maximum Gasteiger partial charge on any atom is 0.272 e. The Balaban J connectivity index is 1.61. The zero-order valence-electron chi connectivity index (χ0n) is 14.0. The van der Waals surface area contributed by atoms with Gasteiger partial charge < -0.3 is 10.1 Å². The minimum absolute atomic E-state index is 0.0680. The Morgan fingerprint density at radius 3 is 2.36 bits per heavy atom. The number of aryl methyl sites for hydroxylation is 2. The van der Waals surface area contributed by atoms with Crippen molar-refractivity contribution in [2.45, 2.75) is 13.5 Å². The van der Waals surface area contributed by atoms with Crippen LogP contribution in [-0.4, -0.2) is 15.7 Å². The fourth-order valence-electron chi connectivity index (χ4n) is 2.44. The molecule has 1 N–H and O–H groups in total. The number of para-hydroxylation sites is 1. The quantitative estimate of drug-likeness (QED) is 0.773. The van der Waals surface area contributed by atoms with Crippen LogP contribution in [0.25, 0.3) is 0 Å². The number of carbonyl (C=O) groups excluding carboxylic acids is 1. The van der Waals surface area contributed by atoms with Gasteiger partial charge in [0.15, 0.2) is 11.5 Å². The molecule has 1 heterocycles. The normalized spacial score (nSPS) is 10.5. The van der Waals surface area contributed by atoms with E-state index in [0.717, 1.165) is 11.3 Å². The molecule has 128 valence electrons. The van der Waals surface area contributed by atoms with Crippen LogP contribution in [0, 0.1) is 12.7 Å². The van der Waals surface area contributed by atoms with Gasteiger partial charge in [-0.1, -0.05) is 30.3 Å². The van der Waals surface area contributed by atoms with E-state index in [-0.39, 0.29) is 17.9 Å². The van der Waals surface area contributed by atoms with E-state index in [9.17, 15) is 9.18 Å². The van der Waals surface area contributed by atoms with E-state index in [4.69, 9.17) is 4.74 Å². The molecular formula is C19H18FN3O2. The second kappa shape index (κ2) is 7.17. The minimum atomic E-state index is -0.591. The summed E-state index contributed by atoms with van der Waals surface area (Å²) in [5, 5.41) is 6.60. The van der Waals surface area contributed by atoms with E-state index in [1.165, 1.54) is 11.6 Å². The van der Waals surface area contributed by atoms with Gasteiger partial charge in [0.25, 0.3) is 5.91 Å². The van der Waals surface area contributed by atoms with Gasteiger partial charge >= 0.3 is 0 Å². The molecule has 0 unspecified atom stereocenters. The third kappa shape index (κ3) is 3.85. The first-order chi connectivity index (χ1) is 12.0. The molecule has 0 atom stereocenters. The van der Waals surface area contributed by atoms with Gasteiger partial charge in [-0.05, 0) is 36.8 Å². The molecule has 0 aliphatic rings. The lowest BCUT2D eigenvalue weighted by Gasteiger charge is -2.08. The zero-order chi connectivity index (χ0) is 17.8. The highest BCUT2D eigenvalue weighted by Crippen LogP contribution is 2.21. The Labute approximate surface area is 145 Å². The van der Waals surface area contributed by atoms with Gasteiger partial charge in [0.1, 0.15) is 11.5 Å². The highest BCUT2D eigenvalue weighted by molar-refractivity contribution is 5.92. The first kappa shape index (κ1) is 16.7. The van der Waals surface area contributed by atoms with Crippen molar-refractivity contribution < 1.29 is 13.9 Å². The van der Waals surface area contributed by atoms with E-state index in [2.05, 4.69) is 10.4 Å². The Morgan fingerprint density at radius 1 is 1.12 bits per heavy atom. The summed E-state index contributed by atoms with van der Waals surface area (Å²) < 4.78 is 20.9. The molecule has 25 heavy (non-hydrogen) atoms. The maximum absolute atomic E-state index is 13.9. The van der Waals surface area contributed by atoms with Gasteiger partial charge in [-0.3, -0.25) is 9.48 Å². The van der Waals surface area contributed by atoms with Gasteiger partial charge in [-0.25, -0.2) is 4.39 Å². The van der Waals surface area contributed by atoms with Crippen molar-refractivity contribution in [2.24, 2.45) is 7.05 Å². The number of ether oxygens (including phenoxy) is 1. The number of hydrogen-bond acceptors (Lipinski definition) is 3. The van der Waals surface area contributed by atoms with E-state index in [1.54, 1.807) is 7.05 Å². The van der Waals surface area contributed by atoms with Crippen LogP contribution in [0.2, 0.25) is 0 Å². The zero-order valence-corrected chi connectivity index (χ0v) is 14.0. The molecule has 0 aliphatic heterocycles. The molecule has 0 saturated carbocycles. The van der Waals surface area contributed by atoms with Gasteiger partial charge in [-0.2, -0.15) is 5.10 Å². The molecule has 0 bridgehead atoms. The topological polar surface area (TPSA) is 56.2 Å². The Kier molecular flexibility index (Phi) is 4.79. The fourth-order valence-corrected chi connectivity index (χ4v) is 2.44. The molecule has 3 aromatic rings. The molecular weight excluding hydrogens is 321 g/mol. The van der Waals surface area contributed by atoms with Crippen molar-refractivity contribution in [1.82, 2.24) is 15.1 Å². The number of amides is 1. The van der Waals surface area contributed by atoms with Crippen molar-refractivity contribution in [3.63, 3.8) is 0 Å². The SMILES string of the molecule is Cc1nn(C)c(C(=O)NCc2ccc(Oc3ccccc3)cc2)c1F. The molecule has 3 rings (SSSR count). The molecule has 0 fully saturated rings. The lowest BCUT2D eigenvalue weighted by atomic mass is 10.2. The number of halogens is 1. The van der Waals surface area contributed by atoms with Crippen molar-refractivity contribution in [1.29, 1.82) is 0 Å². The van der Waals surface area contributed by atoms with Crippen LogP contribution in [-0.2, 0) is 13.6 Å². The summed E-state index contributed by atoms with van der Waals surface area (Å²) in [6, 6.07) is 16.8. The highest BCUT2D eigenvalue weighted by Gasteiger charge is 2.19. The van der Waals surface area contributed by atoms with Crippen LogP contribution in [0.1, 0.15) is 21.7 Å². The van der Waals surface area contributed by atoms with Crippen molar-refractivity contribution in [3.05, 3.63) is 77.4 Å². The molecule has 6 heteroatoms. The molecule has 2 aromatic carbocycles. The van der Waals surface area contributed by atoms with Crippen LogP contribution in [0.4, 0.5) is 4.39 Å². The molecule has 0 radical (unpaired) electrons. The van der Waals surface area contributed by atoms with E-state index >= 15 is 0 Å². The fraction of sp³-hybridized carbons (Fsp3) is 0.158. The highest BCUT2D eigenvalue weighted by atomic mass is 19.1. The van der Waals surface area contributed by atoms with Gasteiger partial charge in [0.2, 0.25) is 0 Å². The number of hydrogen-bond donors (Lipinski definition) is 1. The van der Waals surface area contributed by atoms with Gasteiger partial charge in [-0.15, -0.1) is 0 Å². The summed E-state index contributed by atoms with van der Waals surface area (Å²) in [6.45, 7) is 1.81. The molecule has 5 nitrogen and oxygen atoms in total. The first-order valence-electron chi connectivity index (χ1n) is 7.83. The van der Waals surface area contributed by atoms with Crippen LogP contribution < -0.4 is 10.1 Å². The van der Waals surface area contributed by atoms with Gasteiger partial charge in [0.05, 0.1) is 5.69 Å². The van der Waals surface area contributed by atoms with Crippen molar-refractivity contribution in [3.8, 4) is 11.5 Å². The number of carbonyl (C=O) groups is 1. The average Bonchev–Trinajstić information content (AvgIpc) is 2.87. The number of benzene rings is 2. The predicted octanol–water partition coefficient (Wildman–Crippen LogP) is 3.59. The summed E-state index contributed by atoms with van der Waals surface area (Å²) in [6.07, 6.45) is 0. The largest absolute Gasteiger partial charge is 0.457 e. The van der Waals surface area contributed by atoms with E-state index in [0.29, 0.717) is 5.75 Å².